The van der Waals surface area contributed by atoms with Crippen molar-refractivity contribution in [2.45, 2.75) is 0 Å². The lowest BCUT2D eigenvalue weighted by Gasteiger charge is -1.96. The molecule has 2 rings (SSSR count). The highest BCUT2D eigenvalue weighted by atomic mass is 32.1. The zero-order valence-corrected chi connectivity index (χ0v) is 9.52. The summed E-state index contributed by atoms with van der Waals surface area (Å²) in [6.45, 7) is 0. The van der Waals surface area contributed by atoms with E-state index >= 15 is 0 Å². The van der Waals surface area contributed by atoms with Crippen molar-refractivity contribution >= 4 is 23.1 Å². The van der Waals surface area contributed by atoms with Gasteiger partial charge in [-0.1, -0.05) is 17.2 Å². The maximum absolute atomic E-state index is 10.7. The van der Waals surface area contributed by atoms with Crippen molar-refractivity contribution in [1.82, 2.24) is 10.4 Å². The zero-order chi connectivity index (χ0) is 12.1. The molecule has 3 N–H and O–H groups in total. The fraction of sp³-hybridized carbons (Fsp3) is 0. The van der Waals surface area contributed by atoms with Crippen LogP contribution in [0.3, 0.4) is 0 Å². The van der Waals surface area contributed by atoms with Crippen LogP contribution >= 0.6 is 11.3 Å². The number of amides is 2. The van der Waals surface area contributed by atoms with E-state index in [1.54, 1.807) is 35.2 Å². The van der Waals surface area contributed by atoms with Gasteiger partial charge < -0.3 is 0 Å². The Hall–Kier alpha value is -2.12. The van der Waals surface area contributed by atoms with Crippen LogP contribution in [0.5, 0.6) is 0 Å². The average molecular weight is 247 g/mol. The van der Waals surface area contributed by atoms with Gasteiger partial charge in [0.25, 0.3) is 0 Å². The normalized spacial score (nSPS) is 10.6. The molecule has 0 aliphatic heterocycles. The summed E-state index contributed by atoms with van der Waals surface area (Å²) >= 11 is 1.56. The molecule has 17 heavy (non-hydrogen) atoms. The first kappa shape index (κ1) is 11.4. The van der Waals surface area contributed by atoms with Crippen LogP contribution in [0.25, 0.3) is 10.4 Å². The van der Waals surface area contributed by atoms with Crippen molar-refractivity contribution in [3.8, 4) is 10.4 Å². The third kappa shape index (κ3) is 2.92. The molecule has 2 amide bonds. The van der Waals surface area contributed by atoms with Crippen molar-refractivity contribution < 1.29 is 4.79 Å². The topological polar surface area (TPSA) is 92.7 Å². The Morgan fingerprint density at radius 1 is 1.35 bits per heavy atom. The van der Waals surface area contributed by atoms with E-state index in [4.69, 9.17) is 5.84 Å². The molecule has 2 aromatic rings. The van der Waals surface area contributed by atoms with E-state index in [0.717, 1.165) is 10.4 Å². The average Bonchev–Trinajstić information content (AvgIpc) is 2.90. The van der Waals surface area contributed by atoms with Crippen molar-refractivity contribution in [1.29, 1.82) is 0 Å². The van der Waals surface area contributed by atoms with Crippen molar-refractivity contribution in [2.75, 3.05) is 0 Å². The van der Waals surface area contributed by atoms with Crippen LogP contribution in [0.4, 0.5) is 10.5 Å². The van der Waals surface area contributed by atoms with Gasteiger partial charge in [0, 0.05) is 6.20 Å². The summed E-state index contributed by atoms with van der Waals surface area (Å²) in [5.74, 6) is 4.87. The standard InChI is InChI=1S/C10H9N5OS/c11-13-10(16)15-14-8-3-1-7(2-4-8)9-5-12-6-17-9/h1-6H,11H2,(H,13,16). The molecular weight excluding hydrogens is 238 g/mol. The minimum atomic E-state index is -0.684. The van der Waals surface area contributed by atoms with E-state index in [9.17, 15) is 4.79 Å². The second-order valence-corrected chi connectivity index (χ2v) is 3.95. The predicted octanol–water partition coefficient (Wildman–Crippen LogP) is 2.48. The van der Waals surface area contributed by atoms with Gasteiger partial charge in [-0.2, -0.15) is 0 Å². The molecule has 0 unspecified atom stereocenters. The lowest BCUT2D eigenvalue weighted by Crippen LogP contribution is -2.26. The van der Waals surface area contributed by atoms with Gasteiger partial charge >= 0.3 is 6.03 Å². The molecule has 0 saturated carbocycles. The van der Waals surface area contributed by atoms with Gasteiger partial charge in [-0.15, -0.1) is 16.5 Å². The summed E-state index contributed by atoms with van der Waals surface area (Å²) in [5, 5.41) is 7.07. The van der Waals surface area contributed by atoms with Gasteiger partial charge in [-0.3, -0.25) is 10.4 Å². The number of nitrogens with two attached hydrogens (primary N) is 1. The molecule has 86 valence electrons. The number of hydrogen-bond donors (Lipinski definition) is 2. The highest BCUT2D eigenvalue weighted by Gasteiger charge is 1.99. The van der Waals surface area contributed by atoms with Crippen LogP contribution in [0.1, 0.15) is 0 Å². The van der Waals surface area contributed by atoms with E-state index in [2.05, 4.69) is 15.2 Å². The van der Waals surface area contributed by atoms with Crippen molar-refractivity contribution in [2.24, 2.45) is 16.1 Å². The van der Waals surface area contributed by atoms with E-state index in [0.29, 0.717) is 5.69 Å². The van der Waals surface area contributed by atoms with Crippen LogP contribution in [0.15, 0.2) is 46.2 Å². The van der Waals surface area contributed by atoms with Gasteiger partial charge in [0.05, 0.1) is 16.1 Å². The molecule has 0 spiro atoms. The number of thiazole rings is 1. The van der Waals surface area contributed by atoms with Crippen LogP contribution in [-0.2, 0) is 0 Å². The first-order chi connectivity index (χ1) is 8.29. The largest absolute Gasteiger partial charge is 0.373 e. The number of hydrazine groups is 1. The number of nitrogens with zero attached hydrogens (tertiary/aromatic N) is 3. The molecule has 0 atom stereocenters. The summed E-state index contributed by atoms with van der Waals surface area (Å²) in [5.41, 5.74) is 5.27. The van der Waals surface area contributed by atoms with E-state index in [1.165, 1.54) is 0 Å². The van der Waals surface area contributed by atoms with E-state index in [-0.39, 0.29) is 0 Å². The Bertz CT molecular complexity index is 520. The predicted molar refractivity (Wildman–Crippen MR) is 64.8 cm³/mol. The molecule has 0 aliphatic carbocycles. The quantitative estimate of drug-likeness (QED) is 0.369. The maximum Gasteiger partial charge on any atom is 0.373 e. The molecule has 6 nitrogen and oxygen atoms in total. The van der Waals surface area contributed by atoms with Crippen LogP contribution in [0, 0.1) is 0 Å². The smallest absolute Gasteiger partial charge is 0.273 e. The van der Waals surface area contributed by atoms with Crippen LogP contribution in [-0.4, -0.2) is 11.0 Å². The molecule has 0 saturated heterocycles. The first-order valence-electron chi connectivity index (χ1n) is 4.71. The van der Waals surface area contributed by atoms with Gasteiger partial charge in [0.2, 0.25) is 0 Å². The summed E-state index contributed by atoms with van der Waals surface area (Å²) in [6.07, 6.45) is 1.79. The zero-order valence-electron chi connectivity index (χ0n) is 8.70. The summed E-state index contributed by atoms with van der Waals surface area (Å²) in [7, 11) is 0. The minimum absolute atomic E-state index is 0.585. The summed E-state index contributed by atoms with van der Waals surface area (Å²) in [6, 6.07) is 6.63. The number of carbonyl (C=O) groups is 1. The Morgan fingerprint density at radius 3 is 2.71 bits per heavy atom. The van der Waals surface area contributed by atoms with Crippen molar-refractivity contribution in [3.63, 3.8) is 0 Å². The van der Waals surface area contributed by atoms with E-state index in [1.807, 2.05) is 17.6 Å². The van der Waals surface area contributed by atoms with Crippen LogP contribution in [0.2, 0.25) is 0 Å². The molecule has 0 bridgehead atoms. The SMILES string of the molecule is NNC(=O)N=Nc1ccc(-c2cncs2)cc1. The molecule has 0 fully saturated rings. The molecule has 1 heterocycles. The number of aromatic nitrogens is 1. The number of azo groups is 1. The first-order valence-corrected chi connectivity index (χ1v) is 5.59. The summed E-state index contributed by atoms with van der Waals surface area (Å²) < 4.78 is 0. The molecule has 1 aromatic carbocycles. The molecule has 0 aliphatic rings. The Kier molecular flexibility index (Phi) is 3.53. The lowest BCUT2D eigenvalue weighted by atomic mass is 10.2. The van der Waals surface area contributed by atoms with Crippen molar-refractivity contribution in [3.05, 3.63) is 36.0 Å². The minimum Gasteiger partial charge on any atom is -0.273 e. The Labute approximate surface area is 101 Å². The third-order valence-corrected chi connectivity index (χ3v) is 2.79. The number of benzene rings is 1. The number of rotatable bonds is 2. The maximum atomic E-state index is 10.7. The Balaban J connectivity index is 2.14. The Morgan fingerprint density at radius 2 is 2.12 bits per heavy atom. The van der Waals surface area contributed by atoms with Crippen LogP contribution < -0.4 is 11.3 Å². The third-order valence-electron chi connectivity index (χ3n) is 1.96. The number of urea groups is 1. The number of carbonyl (C=O) groups excluding carboxylic acids is 1. The highest BCUT2D eigenvalue weighted by molar-refractivity contribution is 7.13. The van der Waals surface area contributed by atoms with Gasteiger partial charge in [-0.05, 0) is 17.7 Å². The molecule has 0 radical (unpaired) electrons. The number of hydrogen-bond acceptors (Lipinski definition) is 5. The second kappa shape index (κ2) is 5.28. The fourth-order valence-corrected chi connectivity index (χ4v) is 1.81. The molecule has 1 aromatic heterocycles. The van der Waals surface area contributed by atoms with Gasteiger partial charge in [-0.25, -0.2) is 10.6 Å². The van der Waals surface area contributed by atoms with Gasteiger partial charge in [0.1, 0.15) is 0 Å². The lowest BCUT2D eigenvalue weighted by molar-refractivity contribution is 0.248. The van der Waals surface area contributed by atoms with Gasteiger partial charge in [0.15, 0.2) is 0 Å². The number of nitrogens with one attached hydrogen (secondary N) is 1. The summed E-state index contributed by atoms with van der Waals surface area (Å²) in [4.78, 5) is 15.8. The monoisotopic (exact) mass is 247 g/mol. The van der Waals surface area contributed by atoms with E-state index < -0.39 is 6.03 Å². The second-order valence-electron chi connectivity index (χ2n) is 3.06. The highest BCUT2D eigenvalue weighted by Crippen LogP contribution is 2.25. The molecular formula is C10H9N5OS. The molecule has 7 heteroatoms. The fourth-order valence-electron chi connectivity index (χ4n) is 1.18.